The van der Waals surface area contributed by atoms with Crippen LogP contribution in [0.1, 0.15) is 52.4 Å². The molecule has 1 heterocycles. The largest absolute Gasteiger partial charge is 0.357 e. The Balaban J connectivity index is 0.00000364. The first-order chi connectivity index (χ1) is 12.3. The third-order valence-corrected chi connectivity index (χ3v) is 7.21. The van der Waals surface area contributed by atoms with Gasteiger partial charge in [0.05, 0.1) is 6.26 Å². The van der Waals surface area contributed by atoms with Crippen molar-refractivity contribution in [3.63, 3.8) is 0 Å². The van der Waals surface area contributed by atoms with Crippen molar-refractivity contribution >= 4 is 40.0 Å². The van der Waals surface area contributed by atoms with Crippen molar-refractivity contribution in [2.24, 2.45) is 22.7 Å². The van der Waals surface area contributed by atoms with Gasteiger partial charge in [-0.05, 0) is 50.4 Å². The van der Waals surface area contributed by atoms with Gasteiger partial charge in [-0.2, -0.15) is 0 Å². The van der Waals surface area contributed by atoms with Crippen molar-refractivity contribution in [2.45, 2.75) is 52.4 Å². The first-order valence-corrected chi connectivity index (χ1v) is 12.1. The average Bonchev–Trinajstić information content (AvgIpc) is 2.60. The third-order valence-electron chi connectivity index (χ3n) is 5.91. The predicted octanol–water partition coefficient (Wildman–Crippen LogP) is 3.00. The number of nitrogens with one attached hydrogen (secondary N) is 1. The minimum atomic E-state index is -3.05. The van der Waals surface area contributed by atoms with E-state index in [-0.39, 0.29) is 24.0 Å². The van der Waals surface area contributed by atoms with Gasteiger partial charge in [0.25, 0.3) is 0 Å². The molecule has 0 aromatic rings. The van der Waals surface area contributed by atoms with E-state index in [9.17, 15) is 8.42 Å². The molecule has 0 radical (unpaired) electrons. The molecule has 2 rings (SSSR count). The molecule has 0 spiro atoms. The van der Waals surface area contributed by atoms with Crippen LogP contribution in [0.2, 0.25) is 0 Å². The molecule has 0 aromatic heterocycles. The maximum atomic E-state index is 11.6. The monoisotopic (exact) mass is 514 g/mol. The van der Waals surface area contributed by atoms with Crippen LogP contribution in [0.25, 0.3) is 0 Å². The molecule has 27 heavy (non-hydrogen) atoms. The number of halogens is 1. The second-order valence-electron chi connectivity index (χ2n) is 8.31. The molecule has 0 bridgehead atoms. The van der Waals surface area contributed by atoms with Gasteiger partial charge < -0.3 is 10.2 Å². The zero-order valence-corrected chi connectivity index (χ0v) is 20.6. The Hall–Kier alpha value is -0.0900. The van der Waals surface area contributed by atoms with E-state index < -0.39 is 10.0 Å². The second-order valence-corrected chi connectivity index (χ2v) is 10.3. The van der Waals surface area contributed by atoms with Crippen molar-refractivity contribution in [1.82, 2.24) is 14.5 Å². The summed E-state index contributed by atoms with van der Waals surface area (Å²) in [4.78, 5) is 7.16. The molecule has 8 heteroatoms. The highest BCUT2D eigenvalue weighted by atomic mass is 127. The van der Waals surface area contributed by atoms with E-state index in [0.717, 1.165) is 50.3 Å². The van der Waals surface area contributed by atoms with E-state index >= 15 is 0 Å². The van der Waals surface area contributed by atoms with Crippen molar-refractivity contribution in [2.75, 3.05) is 46.0 Å². The summed E-state index contributed by atoms with van der Waals surface area (Å²) in [5.74, 6) is 3.14. The Labute approximate surface area is 183 Å². The Morgan fingerprint density at radius 1 is 1.11 bits per heavy atom. The van der Waals surface area contributed by atoms with Crippen LogP contribution in [0.4, 0.5) is 0 Å². The molecule has 0 unspecified atom stereocenters. The number of rotatable bonds is 6. The van der Waals surface area contributed by atoms with Crippen molar-refractivity contribution < 1.29 is 8.42 Å². The van der Waals surface area contributed by atoms with Gasteiger partial charge in [-0.15, -0.1) is 24.0 Å². The maximum Gasteiger partial charge on any atom is 0.211 e. The van der Waals surface area contributed by atoms with Gasteiger partial charge in [0, 0.05) is 39.8 Å². The lowest BCUT2D eigenvalue weighted by atomic mass is 9.83. The van der Waals surface area contributed by atoms with Gasteiger partial charge >= 0.3 is 0 Å². The van der Waals surface area contributed by atoms with E-state index in [1.807, 2.05) is 0 Å². The van der Waals surface area contributed by atoms with Crippen LogP contribution in [0.3, 0.4) is 0 Å². The van der Waals surface area contributed by atoms with E-state index in [1.54, 1.807) is 4.31 Å². The van der Waals surface area contributed by atoms with Crippen molar-refractivity contribution in [1.29, 1.82) is 0 Å². The lowest BCUT2D eigenvalue weighted by Gasteiger charge is -2.32. The van der Waals surface area contributed by atoms with Crippen LogP contribution in [0.5, 0.6) is 0 Å². The smallest absolute Gasteiger partial charge is 0.211 e. The van der Waals surface area contributed by atoms with Crippen LogP contribution < -0.4 is 5.32 Å². The van der Waals surface area contributed by atoms with Gasteiger partial charge in [-0.1, -0.05) is 19.8 Å². The zero-order chi connectivity index (χ0) is 19.2. The van der Waals surface area contributed by atoms with Crippen LogP contribution in [0, 0.1) is 17.8 Å². The standard InChI is InChI=1S/C19H38N4O2S.HI/c1-5-20-19(22(3)15-18-8-6-16(2)7-9-18)21-14-17-10-12-23(13-11-17)26(4,24)25;/h16-18H,5-15H2,1-4H3,(H,20,21);1H. The lowest BCUT2D eigenvalue weighted by Crippen LogP contribution is -2.42. The number of hydrogen-bond donors (Lipinski definition) is 1. The normalized spacial score (nSPS) is 25.7. The van der Waals surface area contributed by atoms with Crippen LogP contribution in [-0.4, -0.2) is 69.6 Å². The van der Waals surface area contributed by atoms with E-state index in [0.29, 0.717) is 19.0 Å². The molecular weight excluding hydrogens is 475 g/mol. The first kappa shape index (κ1) is 24.9. The maximum absolute atomic E-state index is 11.6. The van der Waals surface area contributed by atoms with Gasteiger partial charge in [0.15, 0.2) is 5.96 Å². The molecule has 6 nitrogen and oxygen atoms in total. The molecule has 0 amide bonds. The summed E-state index contributed by atoms with van der Waals surface area (Å²) < 4.78 is 24.8. The Bertz CT molecular complexity index is 554. The molecule has 2 fully saturated rings. The van der Waals surface area contributed by atoms with Crippen molar-refractivity contribution in [3.05, 3.63) is 0 Å². The number of nitrogens with zero attached hydrogens (tertiary/aromatic N) is 3. The minimum absolute atomic E-state index is 0. The van der Waals surface area contributed by atoms with E-state index in [4.69, 9.17) is 4.99 Å². The average molecular weight is 515 g/mol. The number of guanidine groups is 1. The number of hydrogen-bond acceptors (Lipinski definition) is 3. The Morgan fingerprint density at radius 3 is 2.22 bits per heavy atom. The summed E-state index contributed by atoms with van der Waals surface area (Å²) in [5.41, 5.74) is 0. The molecule has 160 valence electrons. The Kier molecular flexibility index (Phi) is 10.9. The highest BCUT2D eigenvalue weighted by Crippen LogP contribution is 2.28. The molecule has 1 saturated heterocycles. The molecule has 0 atom stereocenters. The summed E-state index contributed by atoms with van der Waals surface area (Å²) in [6.45, 7) is 8.46. The topological polar surface area (TPSA) is 65.0 Å². The van der Waals surface area contributed by atoms with E-state index in [1.165, 1.54) is 31.9 Å². The Morgan fingerprint density at radius 2 is 1.70 bits per heavy atom. The van der Waals surface area contributed by atoms with Gasteiger partial charge in [0.2, 0.25) is 10.0 Å². The highest BCUT2D eigenvalue weighted by Gasteiger charge is 2.25. The van der Waals surface area contributed by atoms with Crippen molar-refractivity contribution in [3.8, 4) is 0 Å². The molecule has 1 N–H and O–H groups in total. The minimum Gasteiger partial charge on any atom is -0.357 e. The molecule has 1 aliphatic heterocycles. The SMILES string of the molecule is CCNC(=NCC1CCN(S(C)(=O)=O)CC1)N(C)CC1CCC(C)CC1.I. The number of sulfonamides is 1. The van der Waals surface area contributed by atoms with Crippen LogP contribution in [-0.2, 0) is 10.0 Å². The summed E-state index contributed by atoms with van der Waals surface area (Å²) in [5, 5.41) is 3.42. The van der Waals surface area contributed by atoms with Gasteiger partial charge in [-0.25, -0.2) is 12.7 Å². The fourth-order valence-corrected chi connectivity index (χ4v) is 4.97. The van der Waals surface area contributed by atoms with Gasteiger partial charge in [0.1, 0.15) is 0 Å². The third kappa shape index (κ3) is 8.43. The lowest BCUT2D eigenvalue weighted by molar-refractivity contribution is 0.249. The number of aliphatic imine (C=N–C) groups is 1. The predicted molar refractivity (Wildman–Crippen MR) is 124 cm³/mol. The molecule has 1 saturated carbocycles. The molecule has 0 aromatic carbocycles. The zero-order valence-electron chi connectivity index (χ0n) is 17.5. The highest BCUT2D eigenvalue weighted by molar-refractivity contribution is 14.0. The first-order valence-electron chi connectivity index (χ1n) is 10.2. The summed E-state index contributed by atoms with van der Waals surface area (Å²) in [6.07, 6.45) is 8.47. The van der Waals surface area contributed by atoms with E-state index in [2.05, 4.69) is 31.1 Å². The molecular formula is C19H39IN4O2S. The quantitative estimate of drug-likeness (QED) is 0.336. The summed E-state index contributed by atoms with van der Waals surface area (Å²) >= 11 is 0. The van der Waals surface area contributed by atoms with Crippen LogP contribution >= 0.6 is 24.0 Å². The summed E-state index contributed by atoms with van der Waals surface area (Å²) in [7, 11) is -0.901. The molecule has 2 aliphatic rings. The second kappa shape index (κ2) is 11.8. The van der Waals surface area contributed by atoms with Gasteiger partial charge in [-0.3, -0.25) is 4.99 Å². The fourth-order valence-electron chi connectivity index (χ4n) is 4.09. The van der Waals surface area contributed by atoms with Crippen LogP contribution in [0.15, 0.2) is 4.99 Å². The number of piperidine rings is 1. The molecule has 1 aliphatic carbocycles. The summed E-state index contributed by atoms with van der Waals surface area (Å²) in [6, 6.07) is 0. The fraction of sp³-hybridized carbons (Fsp3) is 0.947.